The smallest absolute Gasteiger partial charge is 0.0775 e. The number of hydrogen-bond donors (Lipinski definition) is 1. The van der Waals surface area contributed by atoms with Gasteiger partial charge in [-0.1, -0.05) is 68.5 Å². The highest BCUT2D eigenvalue weighted by atomic mass is 32.1. The highest BCUT2D eigenvalue weighted by Gasteiger charge is 2.16. The van der Waals surface area contributed by atoms with Gasteiger partial charge in [0.2, 0.25) is 0 Å². The number of benzene rings is 1. The molecular formula is C18H27NSSi. The summed E-state index contributed by atoms with van der Waals surface area (Å²) in [5, 5.41) is 7.43. The minimum absolute atomic E-state index is 0.492. The minimum atomic E-state index is -1.18. The fourth-order valence-corrected chi connectivity index (χ4v) is 4.49. The Morgan fingerprint density at radius 3 is 2.33 bits per heavy atom. The van der Waals surface area contributed by atoms with E-state index in [-0.39, 0.29) is 0 Å². The molecule has 0 aliphatic rings. The van der Waals surface area contributed by atoms with Gasteiger partial charge in [0, 0.05) is 17.5 Å². The van der Waals surface area contributed by atoms with Gasteiger partial charge >= 0.3 is 0 Å². The molecule has 0 spiro atoms. The lowest BCUT2D eigenvalue weighted by Crippen LogP contribution is -2.37. The Bertz CT molecular complexity index is 525. The van der Waals surface area contributed by atoms with E-state index in [1.54, 1.807) is 0 Å². The number of thiophene rings is 1. The van der Waals surface area contributed by atoms with Gasteiger partial charge in [0.15, 0.2) is 0 Å². The van der Waals surface area contributed by atoms with E-state index in [1.165, 1.54) is 28.5 Å². The van der Waals surface area contributed by atoms with E-state index in [2.05, 4.69) is 73.7 Å². The van der Waals surface area contributed by atoms with Gasteiger partial charge in [0.1, 0.15) is 0 Å². The molecule has 0 aliphatic heterocycles. The van der Waals surface area contributed by atoms with Crippen LogP contribution in [-0.2, 0) is 6.54 Å². The van der Waals surface area contributed by atoms with Gasteiger partial charge in [-0.15, -0.1) is 11.3 Å². The van der Waals surface area contributed by atoms with Crippen LogP contribution in [0.1, 0.15) is 36.2 Å². The molecule has 1 N–H and O–H groups in total. The standard InChI is InChI=1S/C18H27NSSi/c1-5-7-17(18-8-6-13-20-18)19-14-15-9-11-16(12-10-15)21(2,3)4/h6,8-13,17,19H,5,7,14H2,1-4H3. The van der Waals surface area contributed by atoms with Crippen molar-refractivity contribution in [1.82, 2.24) is 5.32 Å². The lowest BCUT2D eigenvalue weighted by atomic mass is 10.1. The van der Waals surface area contributed by atoms with Crippen LogP contribution in [0.2, 0.25) is 19.6 Å². The molecule has 1 aromatic heterocycles. The van der Waals surface area contributed by atoms with Crippen molar-refractivity contribution in [2.45, 2.75) is 52.0 Å². The molecule has 0 saturated heterocycles. The van der Waals surface area contributed by atoms with Gasteiger partial charge in [0.25, 0.3) is 0 Å². The van der Waals surface area contributed by atoms with Crippen molar-refractivity contribution >= 4 is 24.6 Å². The van der Waals surface area contributed by atoms with Crippen LogP contribution in [0.15, 0.2) is 41.8 Å². The molecule has 0 radical (unpaired) electrons. The molecule has 2 rings (SSSR count). The van der Waals surface area contributed by atoms with Crippen molar-refractivity contribution in [2.75, 3.05) is 0 Å². The second-order valence-electron chi connectivity index (χ2n) is 6.68. The van der Waals surface area contributed by atoms with E-state index in [0.717, 1.165) is 6.54 Å². The average molecular weight is 318 g/mol. The van der Waals surface area contributed by atoms with Gasteiger partial charge < -0.3 is 5.32 Å². The Labute approximate surface area is 134 Å². The van der Waals surface area contributed by atoms with Crippen molar-refractivity contribution < 1.29 is 0 Å². The van der Waals surface area contributed by atoms with E-state index in [9.17, 15) is 0 Å². The zero-order valence-corrected chi connectivity index (χ0v) is 15.5. The molecule has 2 aromatic rings. The highest BCUT2D eigenvalue weighted by Crippen LogP contribution is 2.23. The van der Waals surface area contributed by atoms with Crippen LogP contribution in [-0.4, -0.2) is 8.07 Å². The van der Waals surface area contributed by atoms with Crippen LogP contribution in [0, 0.1) is 0 Å². The van der Waals surface area contributed by atoms with Crippen molar-refractivity contribution in [3.63, 3.8) is 0 Å². The Kier molecular flexibility index (Phi) is 5.79. The summed E-state index contributed by atoms with van der Waals surface area (Å²) < 4.78 is 0. The lowest BCUT2D eigenvalue weighted by molar-refractivity contribution is 0.500. The van der Waals surface area contributed by atoms with Crippen molar-refractivity contribution in [3.8, 4) is 0 Å². The van der Waals surface area contributed by atoms with Gasteiger partial charge in [0.05, 0.1) is 8.07 Å². The molecular weight excluding hydrogens is 290 g/mol. The molecule has 114 valence electrons. The van der Waals surface area contributed by atoms with Crippen molar-refractivity contribution in [2.24, 2.45) is 0 Å². The topological polar surface area (TPSA) is 12.0 Å². The summed E-state index contributed by atoms with van der Waals surface area (Å²) in [7, 11) is -1.18. The molecule has 1 nitrogen and oxygen atoms in total. The minimum Gasteiger partial charge on any atom is -0.305 e. The fraction of sp³-hybridized carbons (Fsp3) is 0.444. The normalized spacial score (nSPS) is 13.3. The molecule has 0 saturated carbocycles. The zero-order chi connectivity index (χ0) is 15.3. The summed E-state index contributed by atoms with van der Waals surface area (Å²) in [6.45, 7) is 10.4. The summed E-state index contributed by atoms with van der Waals surface area (Å²) in [4.78, 5) is 1.45. The third-order valence-electron chi connectivity index (χ3n) is 3.84. The second kappa shape index (κ2) is 7.39. The summed E-state index contributed by atoms with van der Waals surface area (Å²) >= 11 is 1.85. The largest absolute Gasteiger partial charge is 0.305 e. The Balaban J connectivity index is 1.98. The molecule has 1 aromatic carbocycles. The van der Waals surface area contributed by atoms with Gasteiger partial charge in [-0.3, -0.25) is 0 Å². The molecule has 1 heterocycles. The van der Waals surface area contributed by atoms with E-state index in [0.29, 0.717) is 6.04 Å². The second-order valence-corrected chi connectivity index (χ2v) is 12.7. The maximum Gasteiger partial charge on any atom is 0.0775 e. The van der Waals surface area contributed by atoms with Crippen molar-refractivity contribution in [3.05, 3.63) is 52.2 Å². The maximum absolute atomic E-state index is 3.72. The number of rotatable bonds is 7. The predicted octanol–water partition coefficient (Wildman–Crippen LogP) is 4.92. The third kappa shape index (κ3) is 4.80. The third-order valence-corrected chi connectivity index (χ3v) is 6.89. The summed E-state index contributed by atoms with van der Waals surface area (Å²) in [6.07, 6.45) is 2.41. The van der Waals surface area contributed by atoms with Crippen LogP contribution in [0.25, 0.3) is 0 Å². The Morgan fingerprint density at radius 1 is 1.10 bits per heavy atom. The van der Waals surface area contributed by atoms with Crippen LogP contribution in [0.5, 0.6) is 0 Å². The predicted molar refractivity (Wildman–Crippen MR) is 98.2 cm³/mol. The molecule has 0 aliphatic carbocycles. The monoisotopic (exact) mass is 317 g/mol. The molecule has 1 unspecified atom stereocenters. The molecule has 3 heteroatoms. The lowest BCUT2D eigenvalue weighted by Gasteiger charge is -2.19. The first-order chi connectivity index (χ1) is 10.0. The molecule has 21 heavy (non-hydrogen) atoms. The summed E-state index contributed by atoms with van der Waals surface area (Å²) in [5.74, 6) is 0. The first-order valence-corrected chi connectivity index (χ1v) is 12.2. The molecule has 0 amide bonds. The van der Waals surface area contributed by atoms with Crippen LogP contribution in [0.4, 0.5) is 0 Å². The van der Waals surface area contributed by atoms with Crippen molar-refractivity contribution in [1.29, 1.82) is 0 Å². The first kappa shape index (κ1) is 16.5. The average Bonchev–Trinajstić information content (AvgIpc) is 2.97. The Hall–Kier alpha value is -0.903. The van der Waals surface area contributed by atoms with E-state index in [4.69, 9.17) is 0 Å². The van der Waals surface area contributed by atoms with Crippen LogP contribution < -0.4 is 10.5 Å². The van der Waals surface area contributed by atoms with Crippen LogP contribution in [0.3, 0.4) is 0 Å². The van der Waals surface area contributed by atoms with E-state index >= 15 is 0 Å². The van der Waals surface area contributed by atoms with E-state index in [1.807, 2.05) is 11.3 Å². The van der Waals surface area contributed by atoms with Crippen LogP contribution >= 0.6 is 11.3 Å². The quantitative estimate of drug-likeness (QED) is 0.714. The first-order valence-electron chi connectivity index (χ1n) is 7.87. The summed E-state index contributed by atoms with van der Waals surface area (Å²) in [5.41, 5.74) is 1.38. The van der Waals surface area contributed by atoms with Gasteiger partial charge in [-0.05, 0) is 23.4 Å². The van der Waals surface area contributed by atoms with Gasteiger partial charge in [-0.25, -0.2) is 0 Å². The molecule has 1 atom stereocenters. The SMILES string of the molecule is CCCC(NCc1ccc([Si](C)(C)C)cc1)c1cccs1. The Morgan fingerprint density at radius 2 is 1.81 bits per heavy atom. The zero-order valence-electron chi connectivity index (χ0n) is 13.6. The summed E-state index contributed by atoms with van der Waals surface area (Å²) in [6, 6.07) is 14.1. The highest BCUT2D eigenvalue weighted by molar-refractivity contribution is 7.10. The molecule has 0 bridgehead atoms. The van der Waals surface area contributed by atoms with Gasteiger partial charge in [-0.2, -0.15) is 0 Å². The number of nitrogens with one attached hydrogen (secondary N) is 1. The fourth-order valence-electron chi connectivity index (χ4n) is 2.49. The number of hydrogen-bond acceptors (Lipinski definition) is 2. The maximum atomic E-state index is 3.72. The van der Waals surface area contributed by atoms with E-state index < -0.39 is 8.07 Å². The molecule has 0 fully saturated rings.